The van der Waals surface area contributed by atoms with Crippen molar-refractivity contribution in [3.8, 4) is 0 Å². The van der Waals surface area contributed by atoms with Gasteiger partial charge in [0.2, 0.25) is 5.91 Å². The molecule has 0 aromatic carbocycles. The maximum absolute atomic E-state index is 12.5. The van der Waals surface area contributed by atoms with E-state index in [1.165, 1.54) is 12.8 Å². The highest BCUT2D eigenvalue weighted by molar-refractivity contribution is 5.88. The lowest BCUT2D eigenvalue weighted by atomic mass is 9.67. The molecule has 3 heteroatoms. The van der Waals surface area contributed by atoms with Crippen LogP contribution in [0.4, 0.5) is 0 Å². The van der Waals surface area contributed by atoms with Crippen LogP contribution < -0.4 is 0 Å². The molecule has 2 atom stereocenters. The molecule has 3 rings (SSSR count). The first-order valence-corrected chi connectivity index (χ1v) is 7.58. The second-order valence-electron chi connectivity index (χ2n) is 6.28. The van der Waals surface area contributed by atoms with Gasteiger partial charge in [0, 0.05) is 30.8 Å². The molecule has 0 spiro atoms. The predicted molar refractivity (Wildman–Crippen MR) is 69.0 cm³/mol. The molecule has 3 aliphatic rings. The Morgan fingerprint density at radius 3 is 2.17 bits per heavy atom. The Balaban J connectivity index is 1.66. The summed E-state index contributed by atoms with van der Waals surface area (Å²) in [5.41, 5.74) is 0. The third-order valence-corrected chi connectivity index (χ3v) is 5.06. The number of hydrogen-bond donors (Lipinski definition) is 0. The van der Waals surface area contributed by atoms with Crippen molar-refractivity contribution in [2.75, 3.05) is 13.1 Å². The fourth-order valence-corrected chi connectivity index (χ4v) is 4.05. The zero-order valence-corrected chi connectivity index (χ0v) is 11.1. The number of carbonyl (C=O) groups is 2. The Hall–Kier alpha value is -0.860. The van der Waals surface area contributed by atoms with Crippen molar-refractivity contribution in [2.24, 2.45) is 17.8 Å². The zero-order valence-electron chi connectivity index (χ0n) is 11.1. The summed E-state index contributed by atoms with van der Waals surface area (Å²) >= 11 is 0. The van der Waals surface area contributed by atoms with Gasteiger partial charge in [-0.3, -0.25) is 9.59 Å². The molecule has 100 valence electrons. The van der Waals surface area contributed by atoms with Crippen LogP contribution in [0.3, 0.4) is 0 Å². The first-order chi connectivity index (χ1) is 8.75. The number of carbonyl (C=O) groups excluding carboxylic acids is 2. The van der Waals surface area contributed by atoms with Gasteiger partial charge in [0.1, 0.15) is 5.78 Å². The monoisotopic (exact) mass is 249 g/mol. The normalized spacial score (nSPS) is 36.6. The van der Waals surface area contributed by atoms with Crippen LogP contribution in [0, 0.1) is 17.8 Å². The van der Waals surface area contributed by atoms with E-state index in [0.29, 0.717) is 11.7 Å². The molecule has 1 aliphatic heterocycles. The van der Waals surface area contributed by atoms with Crippen molar-refractivity contribution in [1.82, 2.24) is 4.90 Å². The molecule has 0 aromatic rings. The van der Waals surface area contributed by atoms with Crippen LogP contribution in [0.1, 0.15) is 51.4 Å². The molecule has 3 nitrogen and oxygen atoms in total. The van der Waals surface area contributed by atoms with E-state index < -0.39 is 0 Å². The summed E-state index contributed by atoms with van der Waals surface area (Å²) in [7, 11) is 0. The fraction of sp³-hybridized carbons (Fsp3) is 0.867. The molecule has 2 aliphatic carbocycles. The highest BCUT2D eigenvalue weighted by atomic mass is 16.2. The van der Waals surface area contributed by atoms with Crippen molar-refractivity contribution in [3.63, 3.8) is 0 Å². The van der Waals surface area contributed by atoms with Crippen LogP contribution in [-0.2, 0) is 9.59 Å². The van der Waals surface area contributed by atoms with E-state index in [9.17, 15) is 9.59 Å². The first-order valence-electron chi connectivity index (χ1n) is 7.58. The smallest absolute Gasteiger partial charge is 0.225 e. The Morgan fingerprint density at radius 1 is 0.944 bits per heavy atom. The maximum atomic E-state index is 12.5. The molecule has 2 saturated carbocycles. The minimum absolute atomic E-state index is 0.149. The topological polar surface area (TPSA) is 37.4 Å². The summed E-state index contributed by atoms with van der Waals surface area (Å²) in [6, 6.07) is 0. The lowest BCUT2D eigenvalue weighted by Crippen LogP contribution is -2.45. The Kier molecular flexibility index (Phi) is 3.40. The van der Waals surface area contributed by atoms with E-state index in [1.807, 2.05) is 0 Å². The maximum Gasteiger partial charge on any atom is 0.225 e. The van der Waals surface area contributed by atoms with Crippen molar-refractivity contribution in [2.45, 2.75) is 51.4 Å². The van der Waals surface area contributed by atoms with E-state index in [0.717, 1.165) is 51.6 Å². The minimum Gasteiger partial charge on any atom is -0.342 e. The number of amides is 1. The molecule has 0 aromatic heterocycles. The van der Waals surface area contributed by atoms with Gasteiger partial charge in [-0.15, -0.1) is 0 Å². The fourth-order valence-electron chi connectivity index (χ4n) is 4.05. The molecular weight excluding hydrogens is 226 g/mol. The van der Waals surface area contributed by atoms with E-state index in [2.05, 4.69) is 4.90 Å². The molecule has 1 saturated heterocycles. The van der Waals surface area contributed by atoms with Crippen molar-refractivity contribution >= 4 is 11.7 Å². The van der Waals surface area contributed by atoms with Crippen LogP contribution in [0.5, 0.6) is 0 Å². The van der Waals surface area contributed by atoms with Gasteiger partial charge in [-0.1, -0.05) is 6.42 Å². The van der Waals surface area contributed by atoms with Gasteiger partial charge >= 0.3 is 0 Å². The SMILES string of the molecule is O=C1[C@H]2CCC[C@H]1CC(C(=O)N1CCCCC1)C2. The summed E-state index contributed by atoms with van der Waals surface area (Å²) < 4.78 is 0. The largest absolute Gasteiger partial charge is 0.342 e. The van der Waals surface area contributed by atoms with Crippen LogP contribution in [0.2, 0.25) is 0 Å². The summed E-state index contributed by atoms with van der Waals surface area (Å²) in [6.45, 7) is 1.89. The van der Waals surface area contributed by atoms with E-state index in [-0.39, 0.29) is 17.8 Å². The molecule has 3 fully saturated rings. The van der Waals surface area contributed by atoms with Gasteiger partial charge in [-0.05, 0) is 44.9 Å². The van der Waals surface area contributed by atoms with Gasteiger partial charge in [0.05, 0.1) is 0 Å². The average molecular weight is 249 g/mol. The second kappa shape index (κ2) is 5.02. The number of rotatable bonds is 1. The quantitative estimate of drug-likeness (QED) is 0.715. The third kappa shape index (κ3) is 2.19. The van der Waals surface area contributed by atoms with Gasteiger partial charge in [-0.25, -0.2) is 0 Å². The average Bonchev–Trinajstić information content (AvgIpc) is 2.38. The molecule has 1 heterocycles. The summed E-state index contributed by atoms with van der Waals surface area (Å²) in [5.74, 6) is 1.37. The molecule has 0 unspecified atom stereocenters. The number of fused-ring (bicyclic) bond motifs is 2. The number of likely N-dealkylation sites (tertiary alicyclic amines) is 1. The minimum atomic E-state index is 0.149. The molecule has 2 bridgehead atoms. The van der Waals surface area contributed by atoms with Gasteiger partial charge < -0.3 is 4.90 Å². The van der Waals surface area contributed by atoms with Crippen molar-refractivity contribution in [1.29, 1.82) is 0 Å². The van der Waals surface area contributed by atoms with Crippen molar-refractivity contribution in [3.05, 3.63) is 0 Å². The number of hydrogen-bond acceptors (Lipinski definition) is 2. The van der Waals surface area contributed by atoms with Gasteiger partial charge in [0.25, 0.3) is 0 Å². The predicted octanol–water partition coefficient (Wildman–Crippen LogP) is 2.39. The van der Waals surface area contributed by atoms with Crippen LogP contribution in [0.15, 0.2) is 0 Å². The Labute approximate surface area is 109 Å². The highest BCUT2D eigenvalue weighted by Gasteiger charge is 2.42. The zero-order chi connectivity index (χ0) is 12.5. The number of piperidine rings is 1. The van der Waals surface area contributed by atoms with Gasteiger partial charge in [-0.2, -0.15) is 0 Å². The first kappa shape index (κ1) is 12.2. The Morgan fingerprint density at radius 2 is 1.56 bits per heavy atom. The van der Waals surface area contributed by atoms with Crippen LogP contribution >= 0.6 is 0 Å². The molecule has 18 heavy (non-hydrogen) atoms. The van der Waals surface area contributed by atoms with Gasteiger partial charge in [0.15, 0.2) is 0 Å². The Bertz CT molecular complexity index is 330. The molecule has 1 amide bonds. The second-order valence-corrected chi connectivity index (χ2v) is 6.28. The summed E-state index contributed by atoms with van der Waals surface area (Å²) in [4.78, 5) is 26.6. The molecule has 0 N–H and O–H groups in total. The lowest BCUT2D eigenvalue weighted by Gasteiger charge is -2.39. The van der Waals surface area contributed by atoms with E-state index in [4.69, 9.17) is 0 Å². The summed E-state index contributed by atoms with van der Waals surface area (Å²) in [5, 5.41) is 0. The number of ketones is 1. The number of nitrogens with zero attached hydrogens (tertiary/aromatic N) is 1. The highest BCUT2D eigenvalue weighted by Crippen LogP contribution is 2.40. The summed E-state index contributed by atoms with van der Waals surface area (Å²) in [6.07, 6.45) is 8.49. The lowest BCUT2D eigenvalue weighted by molar-refractivity contribution is -0.143. The van der Waals surface area contributed by atoms with E-state index >= 15 is 0 Å². The molecular formula is C15H23NO2. The number of Topliss-reactive ketones (excluding diaryl/α,β-unsaturated/α-hetero) is 1. The van der Waals surface area contributed by atoms with Crippen LogP contribution in [-0.4, -0.2) is 29.7 Å². The van der Waals surface area contributed by atoms with Crippen LogP contribution in [0.25, 0.3) is 0 Å². The third-order valence-electron chi connectivity index (χ3n) is 5.06. The van der Waals surface area contributed by atoms with Crippen molar-refractivity contribution < 1.29 is 9.59 Å². The standard InChI is InChI=1S/C15H23NO2/c17-14-11-5-4-6-12(14)10-13(9-11)15(18)16-7-2-1-3-8-16/h11-13H,1-10H2/t11-,12-/m0/s1. The van der Waals surface area contributed by atoms with E-state index in [1.54, 1.807) is 0 Å². The molecule has 0 radical (unpaired) electrons.